The molecule has 1 aliphatic rings. The summed E-state index contributed by atoms with van der Waals surface area (Å²) in [5.41, 5.74) is 1.32. The van der Waals surface area contributed by atoms with E-state index in [1.807, 2.05) is 36.1 Å². The highest BCUT2D eigenvalue weighted by Crippen LogP contribution is 2.23. The first kappa shape index (κ1) is 18.3. The van der Waals surface area contributed by atoms with Crippen molar-refractivity contribution in [3.63, 3.8) is 0 Å². The van der Waals surface area contributed by atoms with Gasteiger partial charge in [-0.1, -0.05) is 18.2 Å². The van der Waals surface area contributed by atoms with E-state index in [1.165, 1.54) is 0 Å². The molecule has 0 unspecified atom stereocenters. The summed E-state index contributed by atoms with van der Waals surface area (Å²) < 4.78 is 11.1. The quantitative estimate of drug-likeness (QED) is 0.744. The minimum absolute atomic E-state index is 0.0665. The van der Waals surface area contributed by atoms with E-state index in [1.54, 1.807) is 19.1 Å². The third kappa shape index (κ3) is 3.67. The van der Waals surface area contributed by atoms with Crippen LogP contribution in [0.4, 0.5) is 0 Å². The number of hydrogen-bond donors (Lipinski definition) is 1. The molecule has 1 saturated heterocycles. The lowest BCUT2D eigenvalue weighted by molar-refractivity contribution is 0.0655. The highest BCUT2D eigenvalue weighted by molar-refractivity contribution is 5.96. The van der Waals surface area contributed by atoms with E-state index in [-0.39, 0.29) is 11.8 Å². The molecular formula is C22H24N2O4. The van der Waals surface area contributed by atoms with E-state index in [0.29, 0.717) is 42.6 Å². The van der Waals surface area contributed by atoms with E-state index in [0.717, 1.165) is 29.6 Å². The molecule has 0 spiro atoms. The maximum atomic E-state index is 12.7. The Morgan fingerprint density at radius 1 is 1.11 bits per heavy atom. The fourth-order valence-corrected chi connectivity index (χ4v) is 3.77. The van der Waals surface area contributed by atoms with Gasteiger partial charge in [0.15, 0.2) is 5.76 Å². The number of rotatable bonds is 4. The minimum atomic E-state index is -0.102. The second kappa shape index (κ2) is 7.54. The number of nitrogens with one attached hydrogen (secondary N) is 1. The second-order valence-electron chi connectivity index (χ2n) is 7.42. The van der Waals surface area contributed by atoms with Crippen molar-refractivity contribution in [3.05, 3.63) is 59.2 Å². The minimum Gasteiger partial charge on any atom is -0.466 e. The normalized spacial score (nSPS) is 15.1. The first-order chi connectivity index (χ1) is 13.5. The van der Waals surface area contributed by atoms with Gasteiger partial charge in [-0.25, -0.2) is 0 Å². The Balaban J connectivity index is 1.30. The Morgan fingerprint density at radius 2 is 1.86 bits per heavy atom. The molecule has 1 N–H and O–H groups in total. The molecule has 3 aromatic rings. The summed E-state index contributed by atoms with van der Waals surface area (Å²) in [5.74, 6) is 1.95. The van der Waals surface area contributed by atoms with Crippen LogP contribution < -0.4 is 5.32 Å². The van der Waals surface area contributed by atoms with Crippen LogP contribution in [0.3, 0.4) is 0 Å². The van der Waals surface area contributed by atoms with Gasteiger partial charge in [0.2, 0.25) is 0 Å². The predicted octanol–water partition coefficient (Wildman–Crippen LogP) is 3.92. The van der Waals surface area contributed by atoms with Crippen LogP contribution in [-0.2, 0) is 0 Å². The summed E-state index contributed by atoms with van der Waals surface area (Å²) in [4.78, 5) is 26.9. The maximum Gasteiger partial charge on any atom is 0.289 e. The number of benzene rings is 1. The Hall–Kier alpha value is -3.02. The number of carbonyl (C=O) groups excluding carboxylic acids is 2. The number of para-hydroxylation sites is 1. The van der Waals surface area contributed by atoms with Gasteiger partial charge in [0.05, 0.1) is 5.56 Å². The molecule has 1 fully saturated rings. The van der Waals surface area contributed by atoms with Gasteiger partial charge in [0.1, 0.15) is 17.1 Å². The van der Waals surface area contributed by atoms with Gasteiger partial charge in [0.25, 0.3) is 11.8 Å². The molecule has 1 aliphatic heterocycles. The third-order valence-electron chi connectivity index (χ3n) is 5.37. The number of carbonyl (C=O) groups is 2. The largest absolute Gasteiger partial charge is 0.466 e. The number of hydrogen-bond acceptors (Lipinski definition) is 4. The van der Waals surface area contributed by atoms with Crippen molar-refractivity contribution in [1.82, 2.24) is 10.2 Å². The van der Waals surface area contributed by atoms with E-state index < -0.39 is 0 Å². The van der Waals surface area contributed by atoms with Crippen LogP contribution in [0.2, 0.25) is 0 Å². The van der Waals surface area contributed by atoms with Crippen LogP contribution in [0, 0.1) is 19.8 Å². The molecule has 0 saturated carbocycles. The SMILES string of the molecule is Cc1cc(C(=O)NCC2CCN(C(=O)c3cc4ccccc4o3)CC2)c(C)o1. The zero-order valence-electron chi connectivity index (χ0n) is 16.2. The Labute approximate surface area is 163 Å². The summed E-state index contributed by atoms with van der Waals surface area (Å²) in [5, 5.41) is 3.93. The molecule has 0 atom stereocenters. The number of nitrogens with zero attached hydrogens (tertiary/aromatic N) is 1. The molecule has 28 heavy (non-hydrogen) atoms. The van der Waals surface area contributed by atoms with Crippen LogP contribution in [0.1, 0.15) is 45.3 Å². The van der Waals surface area contributed by atoms with Crippen molar-refractivity contribution < 1.29 is 18.4 Å². The van der Waals surface area contributed by atoms with Gasteiger partial charge < -0.3 is 19.1 Å². The third-order valence-corrected chi connectivity index (χ3v) is 5.37. The topological polar surface area (TPSA) is 75.7 Å². The Kier molecular flexibility index (Phi) is 4.94. The number of piperidine rings is 1. The summed E-state index contributed by atoms with van der Waals surface area (Å²) >= 11 is 0. The molecule has 2 amide bonds. The standard InChI is InChI=1S/C22H24N2O4/c1-14-11-18(15(2)27-14)21(25)23-13-16-7-9-24(10-8-16)22(26)20-12-17-5-3-4-6-19(17)28-20/h3-6,11-12,16H,7-10,13H2,1-2H3,(H,23,25). The Bertz CT molecular complexity index is 976. The van der Waals surface area contributed by atoms with Crippen LogP contribution >= 0.6 is 0 Å². The molecular weight excluding hydrogens is 356 g/mol. The lowest BCUT2D eigenvalue weighted by Crippen LogP contribution is -2.41. The van der Waals surface area contributed by atoms with Crippen molar-refractivity contribution in [2.24, 2.45) is 5.92 Å². The summed E-state index contributed by atoms with van der Waals surface area (Å²) in [6.07, 6.45) is 1.71. The van der Waals surface area contributed by atoms with Gasteiger partial charge in [0, 0.05) is 25.0 Å². The number of amides is 2. The maximum absolute atomic E-state index is 12.7. The van der Waals surface area contributed by atoms with Crippen molar-refractivity contribution in [2.45, 2.75) is 26.7 Å². The van der Waals surface area contributed by atoms with Gasteiger partial charge in [-0.2, -0.15) is 0 Å². The van der Waals surface area contributed by atoms with E-state index >= 15 is 0 Å². The monoisotopic (exact) mass is 380 g/mol. The zero-order chi connectivity index (χ0) is 19.7. The number of fused-ring (bicyclic) bond motifs is 1. The van der Waals surface area contributed by atoms with Gasteiger partial charge in [-0.05, 0) is 50.8 Å². The van der Waals surface area contributed by atoms with Gasteiger partial charge in [-0.3, -0.25) is 9.59 Å². The van der Waals surface area contributed by atoms with Crippen LogP contribution in [0.25, 0.3) is 11.0 Å². The second-order valence-corrected chi connectivity index (χ2v) is 7.42. The molecule has 4 rings (SSSR count). The predicted molar refractivity (Wildman–Crippen MR) is 105 cm³/mol. The average molecular weight is 380 g/mol. The Morgan fingerprint density at radius 3 is 2.54 bits per heavy atom. The highest BCUT2D eigenvalue weighted by atomic mass is 16.3. The average Bonchev–Trinajstić information content (AvgIpc) is 3.28. The van der Waals surface area contributed by atoms with Crippen molar-refractivity contribution in [1.29, 1.82) is 0 Å². The fourth-order valence-electron chi connectivity index (χ4n) is 3.77. The highest BCUT2D eigenvalue weighted by Gasteiger charge is 2.26. The molecule has 0 aliphatic carbocycles. The van der Waals surface area contributed by atoms with Crippen LogP contribution in [0.15, 0.2) is 45.2 Å². The molecule has 6 nitrogen and oxygen atoms in total. The molecule has 146 valence electrons. The van der Waals surface area contributed by atoms with Gasteiger partial charge >= 0.3 is 0 Å². The van der Waals surface area contributed by atoms with Crippen LogP contribution in [-0.4, -0.2) is 36.3 Å². The van der Waals surface area contributed by atoms with Gasteiger partial charge in [-0.15, -0.1) is 0 Å². The molecule has 2 aromatic heterocycles. The summed E-state index contributed by atoms with van der Waals surface area (Å²) in [7, 11) is 0. The summed E-state index contributed by atoms with van der Waals surface area (Å²) in [6, 6.07) is 11.2. The first-order valence-corrected chi connectivity index (χ1v) is 9.64. The number of likely N-dealkylation sites (tertiary alicyclic amines) is 1. The summed E-state index contributed by atoms with van der Waals surface area (Å²) in [6.45, 7) is 5.57. The van der Waals surface area contributed by atoms with E-state index in [4.69, 9.17) is 8.83 Å². The lowest BCUT2D eigenvalue weighted by atomic mass is 9.96. The zero-order valence-corrected chi connectivity index (χ0v) is 16.2. The molecule has 3 heterocycles. The first-order valence-electron chi connectivity index (χ1n) is 9.64. The number of aryl methyl sites for hydroxylation is 2. The fraction of sp³-hybridized carbons (Fsp3) is 0.364. The van der Waals surface area contributed by atoms with Crippen molar-refractivity contribution in [3.8, 4) is 0 Å². The van der Waals surface area contributed by atoms with E-state index in [2.05, 4.69) is 5.32 Å². The van der Waals surface area contributed by atoms with Crippen molar-refractivity contribution in [2.75, 3.05) is 19.6 Å². The molecule has 0 radical (unpaired) electrons. The van der Waals surface area contributed by atoms with Crippen molar-refractivity contribution >= 4 is 22.8 Å². The van der Waals surface area contributed by atoms with E-state index in [9.17, 15) is 9.59 Å². The number of furan rings is 2. The lowest BCUT2D eigenvalue weighted by Gasteiger charge is -2.31. The molecule has 0 bridgehead atoms. The smallest absolute Gasteiger partial charge is 0.289 e. The molecule has 1 aromatic carbocycles. The molecule has 6 heteroatoms. The van der Waals surface area contributed by atoms with Crippen LogP contribution in [0.5, 0.6) is 0 Å².